The number of benzene rings is 1. The number of methoxy groups -OCH3 is 1. The van der Waals surface area contributed by atoms with Gasteiger partial charge in [0.25, 0.3) is 0 Å². The van der Waals surface area contributed by atoms with Crippen molar-refractivity contribution in [1.29, 1.82) is 0 Å². The van der Waals surface area contributed by atoms with Crippen LogP contribution in [0.5, 0.6) is 5.75 Å². The van der Waals surface area contributed by atoms with Gasteiger partial charge in [0.1, 0.15) is 5.75 Å². The highest BCUT2D eigenvalue weighted by Gasteiger charge is 2.28. The predicted octanol–water partition coefficient (Wildman–Crippen LogP) is 4.09. The van der Waals surface area contributed by atoms with Gasteiger partial charge < -0.3 is 4.74 Å². The SMILES string of the molecule is COc1cc[c]c(C(C)(C)C)c1C(C)(C)C. The van der Waals surface area contributed by atoms with Crippen LogP contribution >= 0.6 is 0 Å². The van der Waals surface area contributed by atoms with E-state index in [9.17, 15) is 0 Å². The lowest BCUT2D eigenvalue weighted by Crippen LogP contribution is -2.22. The molecule has 1 nitrogen and oxygen atoms in total. The Morgan fingerprint density at radius 3 is 1.94 bits per heavy atom. The van der Waals surface area contributed by atoms with E-state index in [4.69, 9.17) is 4.74 Å². The summed E-state index contributed by atoms with van der Waals surface area (Å²) >= 11 is 0. The topological polar surface area (TPSA) is 9.23 Å². The van der Waals surface area contributed by atoms with E-state index in [1.807, 2.05) is 12.1 Å². The summed E-state index contributed by atoms with van der Waals surface area (Å²) in [7, 11) is 1.73. The molecule has 89 valence electrons. The maximum Gasteiger partial charge on any atom is 0.122 e. The summed E-state index contributed by atoms with van der Waals surface area (Å²) in [5.41, 5.74) is 2.69. The first kappa shape index (κ1) is 13.1. The molecule has 0 unspecified atom stereocenters. The summed E-state index contributed by atoms with van der Waals surface area (Å²) in [5.74, 6) is 0.969. The second kappa shape index (κ2) is 4.12. The Hall–Kier alpha value is -0.980. The third-order valence-corrected chi connectivity index (χ3v) is 2.68. The van der Waals surface area contributed by atoms with Crippen molar-refractivity contribution in [3.05, 3.63) is 29.3 Å². The molecule has 0 fully saturated rings. The molecule has 0 spiro atoms. The van der Waals surface area contributed by atoms with Crippen molar-refractivity contribution >= 4 is 0 Å². The van der Waals surface area contributed by atoms with Gasteiger partial charge >= 0.3 is 0 Å². The average Bonchev–Trinajstić information content (AvgIpc) is 2.13. The van der Waals surface area contributed by atoms with E-state index in [1.165, 1.54) is 11.1 Å². The van der Waals surface area contributed by atoms with Crippen LogP contribution in [0.2, 0.25) is 0 Å². The van der Waals surface area contributed by atoms with Gasteiger partial charge in [0.2, 0.25) is 0 Å². The Kier molecular flexibility index (Phi) is 3.37. The van der Waals surface area contributed by atoms with Crippen molar-refractivity contribution in [2.24, 2.45) is 0 Å². The standard InChI is InChI=1S/C15H23O/c1-14(2,3)11-9-8-10-12(16-7)13(11)15(4,5)6/h8,10H,1-7H3. The Morgan fingerprint density at radius 1 is 1.00 bits per heavy atom. The Bertz CT molecular complexity index is 364. The first-order valence-corrected chi connectivity index (χ1v) is 5.77. The van der Waals surface area contributed by atoms with E-state index < -0.39 is 0 Å². The Labute approximate surface area is 99.8 Å². The predicted molar refractivity (Wildman–Crippen MR) is 69.2 cm³/mol. The molecule has 0 saturated carbocycles. The zero-order chi connectivity index (χ0) is 12.6. The van der Waals surface area contributed by atoms with Crippen LogP contribution in [0.3, 0.4) is 0 Å². The van der Waals surface area contributed by atoms with Gasteiger partial charge in [-0.3, -0.25) is 0 Å². The lowest BCUT2D eigenvalue weighted by Gasteiger charge is -2.31. The number of hydrogen-bond donors (Lipinski definition) is 0. The minimum atomic E-state index is 0.0751. The van der Waals surface area contributed by atoms with Gasteiger partial charge in [-0.2, -0.15) is 0 Å². The molecule has 0 heterocycles. The summed E-state index contributed by atoms with van der Waals surface area (Å²) in [4.78, 5) is 0. The molecule has 1 aromatic rings. The van der Waals surface area contributed by atoms with Crippen molar-refractivity contribution in [2.75, 3.05) is 7.11 Å². The number of hydrogen-bond acceptors (Lipinski definition) is 1. The maximum absolute atomic E-state index is 5.49. The molecular weight excluding hydrogens is 196 g/mol. The van der Waals surface area contributed by atoms with Crippen LogP contribution in [0.25, 0.3) is 0 Å². The Morgan fingerprint density at radius 2 is 1.56 bits per heavy atom. The maximum atomic E-state index is 5.49. The minimum Gasteiger partial charge on any atom is -0.496 e. The largest absolute Gasteiger partial charge is 0.496 e. The smallest absolute Gasteiger partial charge is 0.122 e. The molecule has 0 bridgehead atoms. The van der Waals surface area contributed by atoms with Gasteiger partial charge in [-0.05, 0) is 28.5 Å². The number of rotatable bonds is 1. The van der Waals surface area contributed by atoms with E-state index >= 15 is 0 Å². The van der Waals surface area contributed by atoms with Crippen molar-refractivity contribution in [3.8, 4) is 5.75 Å². The van der Waals surface area contributed by atoms with Crippen molar-refractivity contribution < 1.29 is 4.74 Å². The summed E-state index contributed by atoms with van der Waals surface area (Å²) in [6, 6.07) is 7.33. The van der Waals surface area contributed by atoms with E-state index in [1.54, 1.807) is 7.11 Å². The molecule has 1 heteroatoms. The van der Waals surface area contributed by atoms with Crippen LogP contribution in [-0.2, 0) is 10.8 Å². The zero-order valence-corrected chi connectivity index (χ0v) is 11.6. The van der Waals surface area contributed by atoms with Crippen LogP contribution in [0.1, 0.15) is 52.7 Å². The lowest BCUT2D eigenvalue weighted by molar-refractivity contribution is 0.392. The van der Waals surface area contributed by atoms with Crippen LogP contribution in [-0.4, -0.2) is 7.11 Å². The molecule has 0 amide bonds. The van der Waals surface area contributed by atoms with Gasteiger partial charge in [0.15, 0.2) is 0 Å². The first-order chi connectivity index (χ1) is 7.18. The van der Waals surface area contributed by atoms with Gasteiger partial charge in [-0.15, -0.1) is 0 Å². The molecule has 0 atom stereocenters. The molecule has 0 N–H and O–H groups in total. The van der Waals surface area contributed by atoms with Gasteiger partial charge in [-0.25, -0.2) is 0 Å². The monoisotopic (exact) mass is 219 g/mol. The van der Waals surface area contributed by atoms with Gasteiger partial charge in [0, 0.05) is 5.56 Å². The average molecular weight is 219 g/mol. The molecule has 0 aromatic heterocycles. The molecule has 1 aromatic carbocycles. The fraction of sp³-hybridized carbons (Fsp3) is 0.600. The zero-order valence-electron chi connectivity index (χ0n) is 11.6. The first-order valence-electron chi connectivity index (χ1n) is 5.77. The van der Waals surface area contributed by atoms with Crippen molar-refractivity contribution in [2.45, 2.75) is 52.4 Å². The highest BCUT2D eigenvalue weighted by molar-refractivity contribution is 5.47. The van der Waals surface area contributed by atoms with E-state index in [0.717, 1.165) is 5.75 Å². The van der Waals surface area contributed by atoms with Crippen LogP contribution in [0, 0.1) is 6.07 Å². The van der Waals surface area contributed by atoms with Crippen molar-refractivity contribution in [3.63, 3.8) is 0 Å². The van der Waals surface area contributed by atoms with Gasteiger partial charge in [-0.1, -0.05) is 47.6 Å². The quantitative estimate of drug-likeness (QED) is 0.691. The second-order valence-electron chi connectivity index (χ2n) is 6.30. The summed E-state index contributed by atoms with van der Waals surface area (Å²) in [5, 5.41) is 0. The second-order valence-corrected chi connectivity index (χ2v) is 6.30. The van der Waals surface area contributed by atoms with Crippen LogP contribution < -0.4 is 4.74 Å². The fourth-order valence-electron chi connectivity index (χ4n) is 1.99. The van der Waals surface area contributed by atoms with Crippen LogP contribution in [0.15, 0.2) is 12.1 Å². The summed E-state index contributed by atoms with van der Waals surface area (Å²) < 4.78 is 5.49. The highest BCUT2D eigenvalue weighted by Crippen LogP contribution is 2.39. The van der Waals surface area contributed by atoms with E-state index in [2.05, 4.69) is 47.6 Å². The molecule has 0 aliphatic heterocycles. The van der Waals surface area contributed by atoms with Gasteiger partial charge in [0.05, 0.1) is 7.11 Å². The van der Waals surface area contributed by atoms with E-state index in [-0.39, 0.29) is 10.8 Å². The molecular formula is C15H23O. The molecule has 1 radical (unpaired) electrons. The summed E-state index contributed by atoms with van der Waals surface area (Å²) in [6.07, 6.45) is 0. The molecule has 0 aliphatic rings. The fourth-order valence-corrected chi connectivity index (χ4v) is 1.99. The third kappa shape index (κ3) is 2.58. The molecule has 16 heavy (non-hydrogen) atoms. The number of ether oxygens (including phenoxy) is 1. The normalized spacial score (nSPS) is 12.7. The molecule has 1 rings (SSSR count). The summed E-state index contributed by atoms with van der Waals surface area (Å²) in [6.45, 7) is 13.3. The van der Waals surface area contributed by atoms with E-state index in [0.29, 0.717) is 0 Å². The van der Waals surface area contributed by atoms with Crippen LogP contribution in [0.4, 0.5) is 0 Å². The highest BCUT2D eigenvalue weighted by atomic mass is 16.5. The Balaban J connectivity index is 3.51. The third-order valence-electron chi connectivity index (χ3n) is 2.68. The lowest BCUT2D eigenvalue weighted by atomic mass is 9.75. The molecule has 0 aliphatic carbocycles. The molecule has 0 saturated heterocycles. The minimum absolute atomic E-state index is 0.0751. The van der Waals surface area contributed by atoms with Crippen molar-refractivity contribution in [1.82, 2.24) is 0 Å².